The monoisotopic (exact) mass is 264 g/mol. The molecule has 0 aromatic heterocycles. The van der Waals surface area contributed by atoms with Crippen LogP contribution in [-0.2, 0) is 12.8 Å². The van der Waals surface area contributed by atoms with E-state index in [0.717, 1.165) is 12.0 Å². The number of benzene rings is 2. The molecule has 1 N–H and O–H groups in total. The zero-order chi connectivity index (χ0) is 13.8. The van der Waals surface area contributed by atoms with Crippen LogP contribution in [0.4, 0.5) is 0 Å². The highest BCUT2D eigenvalue weighted by Crippen LogP contribution is 2.22. The lowest BCUT2D eigenvalue weighted by molar-refractivity contribution is 0.0955. The van der Waals surface area contributed by atoms with Crippen LogP contribution in [-0.4, -0.2) is 12.1 Å². The Morgan fingerprint density at radius 2 is 1.85 bits per heavy atom. The van der Waals surface area contributed by atoms with Gasteiger partial charge in [-0.1, -0.05) is 30.3 Å². The number of nitrogens with zero attached hydrogens (tertiary/aromatic N) is 1. The minimum atomic E-state index is -0.192. The van der Waals surface area contributed by atoms with Gasteiger partial charge >= 0.3 is 0 Å². The Hall–Kier alpha value is -2.42. The van der Waals surface area contributed by atoms with Crippen molar-refractivity contribution in [2.75, 3.05) is 0 Å². The standard InChI is InChI=1S/C17H16N2O/c20-17(15-5-2-1-3-6-15)19-18-12-13-9-10-14-7-4-8-16(14)11-13/h1-3,5-6,9-12H,4,7-8H2,(H,19,20)/b18-12+. The molecule has 0 radical (unpaired) electrons. The SMILES string of the molecule is O=C(N/N=C/c1ccc2c(c1)CCC2)c1ccccc1. The van der Waals surface area contributed by atoms with E-state index in [9.17, 15) is 4.79 Å². The zero-order valence-corrected chi connectivity index (χ0v) is 11.2. The number of rotatable bonds is 3. The molecule has 0 saturated heterocycles. The van der Waals surface area contributed by atoms with E-state index in [1.165, 1.54) is 24.0 Å². The van der Waals surface area contributed by atoms with Gasteiger partial charge in [-0.05, 0) is 54.2 Å². The van der Waals surface area contributed by atoms with Crippen molar-refractivity contribution >= 4 is 12.1 Å². The maximum Gasteiger partial charge on any atom is 0.271 e. The maximum atomic E-state index is 11.8. The van der Waals surface area contributed by atoms with Crippen molar-refractivity contribution in [2.45, 2.75) is 19.3 Å². The number of hydrogen-bond donors (Lipinski definition) is 1. The fraction of sp³-hybridized carbons (Fsp3) is 0.176. The lowest BCUT2D eigenvalue weighted by atomic mass is 10.1. The summed E-state index contributed by atoms with van der Waals surface area (Å²) >= 11 is 0. The van der Waals surface area contributed by atoms with Gasteiger partial charge < -0.3 is 0 Å². The third-order valence-electron chi connectivity index (χ3n) is 3.54. The van der Waals surface area contributed by atoms with Gasteiger partial charge in [0.15, 0.2) is 0 Å². The topological polar surface area (TPSA) is 41.5 Å². The molecule has 0 spiro atoms. The lowest BCUT2D eigenvalue weighted by Crippen LogP contribution is -2.17. The fourth-order valence-electron chi connectivity index (χ4n) is 2.49. The fourth-order valence-corrected chi connectivity index (χ4v) is 2.49. The Morgan fingerprint density at radius 1 is 1.05 bits per heavy atom. The molecular formula is C17H16N2O. The summed E-state index contributed by atoms with van der Waals surface area (Å²) in [5.74, 6) is -0.192. The second-order valence-electron chi connectivity index (χ2n) is 4.95. The normalized spacial score (nSPS) is 13.4. The van der Waals surface area contributed by atoms with E-state index in [2.05, 4.69) is 22.7 Å². The molecule has 0 unspecified atom stereocenters. The van der Waals surface area contributed by atoms with Gasteiger partial charge in [0, 0.05) is 5.56 Å². The van der Waals surface area contributed by atoms with E-state index in [1.54, 1.807) is 18.3 Å². The zero-order valence-electron chi connectivity index (χ0n) is 11.2. The first kappa shape index (κ1) is 12.6. The van der Waals surface area contributed by atoms with Crippen LogP contribution in [0, 0.1) is 0 Å². The first-order valence-corrected chi connectivity index (χ1v) is 6.83. The highest BCUT2D eigenvalue weighted by Gasteiger charge is 2.10. The molecule has 0 atom stereocenters. The highest BCUT2D eigenvalue weighted by atomic mass is 16.2. The van der Waals surface area contributed by atoms with Crippen molar-refractivity contribution in [1.82, 2.24) is 5.43 Å². The summed E-state index contributed by atoms with van der Waals surface area (Å²) in [7, 11) is 0. The molecule has 2 aromatic carbocycles. The Kier molecular flexibility index (Phi) is 3.59. The molecule has 2 aromatic rings. The summed E-state index contributed by atoms with van der Waals surface area (Å²) < 4.78 is 0. The van der Waals surface area contributed by atoms with Crippen molar-refractivity contribution in [3.63, 3.8) is 0 Å². The number of aryl methyl sites for hydroxylation is 2. The van der Waals surface area contributed by atoms with Gasteiger partial charge in [-0.2, -0.15) is 5.10 Å². The maximum absolute atomic E-state index is 11.8. The van der Waals surface area contributed by atoms with Crippen LogP contribution in [0.1, 0.15) is 33.5 Å². The Labute approximate surface area is 118 Å². The molecule has 3 rings (SSSR count). The Morgan fingerprint density at radius 3 is 2.70 bits per heavy atom. The van der Waals surface area contributed by atoms with Crippen molar-refractivity contribution in [2.24, 2.45) is 5.10 Å². The third kappa shape index (κ3) is 2.77. The summed E-state index contributed by atoms with van der Waals surface area (Å²) in [5, 5.41) is 4.02. The van der Waals surface area contributed by atoms with Crippen LogP contribution < -0.4 is 5.43 Å². The van der Waals surface area contributed by atoms with E-state index in [0.29, 0.717) is 5.56 Å². The van der Waals surface area contributed by atoms with E-state index < -0.39 is 0 Å². The van der Waals surface area contributed by atoms with Crippen LogP contribution in [0.3, 0.4) is 0 Å². The van der Waals surface area contributed by atoms with E-state index in [-0.39, 0.29) is 5.91 Å². The lowest BCUT2D eigenvalue weighted by Gasteiger charge is -2.01. The molecule has 3 nitrogen and oxygen atoms in total. The molecule has 20 heavy (non-hydrogen) atoms. The summed E-state index contributed by atoms with van der Waals surface area (Å²) in [5.41, 5.74) is 7.03. The summed E-state index contributed by atoms with van der Waals surface area (Å²) in [6.45, 7) is 0. The van der Waals surface area contributed by atoms with E-state index in [1.807, 2.05) is 24.3 Å². The van der Waals surface area contributed by atoms with Crippen molar-refractivity contribution < 1.29 is 4.79 Å². The molecule has 0 saturated carbocycles. The van der Waals surface area contributed by atoms with Gasteiger partial charge in [-0.15, -0.1) is 0 Å². The van der Waals surface area contributed by atoms with Crippen molar-refractivity contribution in [1.29, 1.82) is 0 Å². The molecule has 1 amide bonds. The van der Waals surface area contributed by atoms with Gasteiger partial charge in [0.1, 0.15) is 0 Å². The first-order valence-electron chi connectivity index (χ1n) is 6.83. The van der Waals surface area contributed by atoms with Crippen molar-refractivity contribution in [3.8, 4) is 0 Å². The third-order valence-corrected chi connectivity index (χ3v) is 3.54. The van der Waals surface area contributed by atoms with Gasteiger partial charge in [-0.25, -0.2) is 5.43 Å². The number of amides is 1. The Bertz CT molecular complexity index is 647. The van der Waals surface area contributed by atoms with Gasteiger partial charge in [0.25, 0.3) is 5.91 Å². The predicted octanol–water partition coefficient (Wildman–Crippen LogP) is 2.94. The minimum Gasteiger partial charge on any atom is -0.267 e. The van der Waals surface area contributed by atoms with Crippen LogP contribution in [0.2, 0.25) is 0 Å². The minimum absolute atomic E-state index is 0.192. The summed E-state index contributed by atoms with van der Waals surface area (Å²) in [6, 6.07) is 15.4. The van der Waals surface area contributed by atoms with Crippen LogP contribution in [0.5, 0.6) is 0 Å². The van der Waals surface area contributed by atoms with Crippen LogP contribution in [0.15, 0.2) is 53.6 Å². The van der Waals surface area contributed by atoms with Gasteiger partial charge in [-0.3, -0.25) is 4.79 Å². The summed E-state index contributed by atoms with van der Waals surface area (Å²) in [4.78, 5) is 11.8. The second-order valence-corrected chi connectivity index (χ2v) is 4.95. The van der Waals surface area contributed by atoms with Gasteiger partial charge in [0.05, 0.1) is 6.21 Å². The average Bonchev–Trinajstić information content (AvgIpc) is 2.95. The number of nitrogens with one attached hydrogen (secondary N) is 1. The van der Waals surface area contributed by atoms with Crippen molar-refractivity contribution in [3.05, 3.63) is 70.8 Å². The number of hydrazone groups is 1. The highest BCUT2D eigenvalue weighted by molar-refractivity contribution is 5.94. The molecule has 3 heteroatoms. The second kappa shape index (κ2) is 5.70. The molecule has 0 fully saturated rings. The molecule has 1 aliphatic carbocycles. The molecule has 100 valence electrons. The quantitative estimate of drug-likeness (QED) is 0.672. The first-order chi connectivity index (χ1) is 9.83. The molecule has 0 aliphatic heterocycles. The molecular weight excluding hydrogens is 248 g/mol. The van der Waals surface area contributed by atoms with E-state index in [4.69, 9.17) is 0 Å². The predicted molar refractivity (Wildman–Crippen MR) is 80.0 cm³/mol. The van der Waals surface area contributed by atoms with Crippen LogP contribution in [0.25, 0.3) is 0 Å². The summed E-state index contributed by atoms with van der Waals surface area (Å²) in [6.07, 6.45) is 5.25. The number of carbonyl (C=O) groups excluding carboxylic acids is 1. The van der Waals surface area contributed by atoms with E-state index >= 15 is 0 Å². The number of fused-ring (bicyclic) bond motifs is 1. The molecule has 0 heterocycles. The Balaban J connectivity index is 1.65. The average molecular weight is 264 g/mol. The number of hydrogen-bond acceptors (Lipinski definition) is 2. The smallest absolute Gasteiger partial charge is 0.267 e. The van der Waals surface area contributed by atoms with Crippen LogP contribution >= 0.6 is 0 Å². The molecule has 0 bridgehead atoms. The number of carbonyl (C=O) groups is 1. The van der Waals surface area contributed by atoms with Gasteiger partial charge in [0.2, 0.25) is 0 Å². The molecule has 1 aliphatic rings. The largest absolute Gasteiger partial charge is 0.271 e.